The zero-order valence-electron chi connectivity index (χ0n) is 17.9. The summed E-state index contributed by atoms with van der Waals surface area (Å²) in [5, 5.41) is 15.1. The van der Waals surface area contributed by atoms with Crippen LogP contribution in [0.5, 0.6) is 0 Å². The topological polar surface area (TPSA) is 87.4 Å². The SMILES string of the molecule is O=[N+]([O-])c1c(NCCC2=CCCCC2)ncnc1N1CCN(Cc2ccccc2)CC1. The Kier molecular flexibility index (Phi) is 7.09. The van der Waals surface area contributed by atoms with Crippen LogP contribution in [0.4, 0.5) is 17.3 Å². The van der Waals surface area contributed by atoms with E-state index in [2.05, 4.69) is 50.5 Å². The van der Waals surface area contributed by atoms with Gasteiger partial charge in [0.15, 0.2) is 0 Å². The third-order valence-electron chi connectivity index (χ3n) is 6.03. The number of anilines is 2. The fourth-order valence-corrected chi connectivity index (χ4v) is 4.33. The molecule has 0 unspecified atom stereocenters. The van der Waals surface area contributed by atoms with Crippen molar-refractivity contribution >= 4 is 17.3 Å². The van der Waals surface area contributed by atoms with Crippen LogP contribution in [-0.4, -0.2) is 52.5 Å². The molecule has 0 amide bonds. The van der Waals surface area contributed by atoms with Crippen LogP contribution < -0.4 is 10.2 Å². The largest absolute Gasteiger partial charge is 0.364 e. The van der Waals surface area contributed by atoms with Gasteiger partial charge in [0, 0.05) is 39.3 Å². The highest BCUT2D eigenvalue weighted by Crippen LogP contribution is 2.32. The predicted molar refractivity (Wildman–Crippen MR) is 122 cm³/mol. The van der Waals surface area contributed by atoms with Gasteiger partial charge < -0.3 is 10.2 Å². The van der Waals surface area contributed by atoms with Crippen LogP contribution in [0.15, 0.2) is 48.3 Å². The molecule has 0 atom stereocenters. The third kappa shape index (κ3) is 5.58. The van der Waals surface area contributed by atoms with Crippen LogP contribution >= 0.6 is 0 Å². The molecular formula is C23H30N6O2. The molecule has 1 fully saturated rings. The predicted octanol–water partition coefficient (Wildman–Crippen LogP) is 4.01. The first-order chi connectivity index (χ1) is 15.2. The Hall–Kier alpha value is -3.00. The quantitative estimate of drug-likeness (QED) is 0.391. The fraction of sp³-hybridized carbons (Fsp3) is 0.478. The third-order valence-corrected chi connectivity index (χ3v) is 6.03. The van der Waals surface area contributed by atoms with E-state index in [1.807, 2.05) is 11.0 Å². The average Bonchev–Trinajstić information content (AvgIpc) is 2.81. The van der Waals surface area contributed by atoms with Gasteiger partial charge in [-0.1, -0.05) is 42.0 Å². The summed E-state index contributed by atoms with van der Waals surface area (Å²) >= 11 is 0. The molecule has 4 rings (SSSR count). The minimum Gasteiger partial charge on any atom is -0.364 e. The number of aromatic nitrogens is 2. The molecule has 164 valence electrons. The van der Waals surface area contributed by atoms with E-state index in [-0.39, 0.29) is 10.6 Å². The maximum absolute atomic E-state index is 11.9. The first kappa shape index (κ1) is 21.2. The van der Waals surface area contributed by atoms with E-state index >= 15 is 0 Å². The van der Waals surface area contributed by atoms with Gasteiger partial charge >= 0.3 is 5.69 Å². The molecule has 1 saturated heterocycles. The van der Waals surface area contributed by atoms with Gasteiger partial charge in [0.25, 0.3) is 0 Å². The highest BCUT2D eigenvalue weighted by molar-refractivity contribution is 5.70. The number of nitrogens with zero attached hydrogens (tertiary/aromatic N) is 5. The Bertz CT molecular complexity index is 910. The molecule has 0 spiro atoms. The Morgan fingerprint density at radius 2 is 1.87 bits per heavy atom. The zero-order valence-corrected chi connectivity index (χ0v) is 17.9. The summed E-state index contributed by atoms with van der Waals surface area (Å²) in [5.74, 6) is 0.733. The summed E-state index contributed by atoms with van der Waals surface area (Å²) in [5.41, 5.74) is 2.70. The molecule has 2 heterocycles. The van der Waals surface area contributed by atoms with Crippen molar-refractivity contribution in [3.05, 3.63) is 64.0 Å². The molecule has 0 saturated carbocycles. The van der Waals surface area contributed by atoms with Gasteiger partial charge in [0.2, 0.25) is 11.6 Å². The van der Waals surface area contributed by atoms with Crippen LogP contribution in [0.3, 0.4) is 0 Å². The number of allylic oxidation sites excluding steroid dienone is 1. The Labute approximate surface area is 183 Å². The maximum Gasteiger partial charge on any atom is 0.353 e. The fourth-order valence-electron chi connectivity index (χ4n) is 4.33. The molecule has 0 bridgehead atoms. The molecule has 0 radical (unpaired) electrons. The molecule has 1 aliphatic heterocycles. The molecule has 1 N–H and O–H groups in total. The van der Waals surface area contributed by atoms with Crippen molar-refractivity contribution < 1.29 is 4.92 Å². The van der Waals surface area contributed by atoms with Crippen LogP contribution in [0.2, 0.25) is 0 Å². The molecule has 1 aliphatic carbocycles. The van der Waals surface area contributed by atoms with Crippen molar-refractivity contribution in [2.75, 3.05) is 42.9 Å². The number of hydrogen-bond donors (Lipinski definition) is 1. The zero-order chi connectivity index (χ0) is 21.5. The van der Waals surface area contributed by atoms with Crippen molar-refractivity contribution in [3.63, 3.8) is 0 Å². The van der Waals surface area contributed by atoms with Gasteiger partial charge in [0.1, 0.15) is 6.33 Å². The van der Waals surface area contributed by atoms with E-state index in [9.17, 15) is 10.1 Å². The van der Waals surface area contributed by atoms with Gasteiger partial charge in [-0.2, -0.15) is 0 Å². The lowest BCUT2D eigenvalue weighted by Crippen LogP contribution is -2.46. The average molecular weight is 423 g/mol. The molecule has 8 nitrogen and oxygen atoms in total. The molecule has 1 aromatic heterocycles. The summed E-state index contributed by atoms with van der Waals surface area (Å²) in [6.45, 7) is 4.63. The summed E-state index contributed by atoms with van der Waals surface area (Å²) in [6, 6.07) is 10.4. The van der Waals surface area contributed by atoms with Crippen LogP contribution in [0, 0.1) is 10.1 Å². The van der Waals surface area contributed by atoms with Gasteiger partial charge in [-0.05, 0) is 37.7 Å². The van der Waals surface area contributed by atoms with Crippen LogP contribution in [0.1, 0.15) is 37.7 Å². The van der Waals surface area contributed by atoms with Gasteiger partial charge in [-0.25, -0.2) is 9.97 Å². The number of rotatable bonds is 8. The van der Waals surface area contributed by atoms with Crippen molar-refractivity contribution in [2.45, 2.75) is 38.6 Å². The number of benzene rings is 1. The lowest BCUT2D eigenvalue weighted by atomic mass is 9.97. The van der Waals surface area contributed by atoms with E-state index in [4.69, 9.17) is 0 Å². The first-order valence-corrected chi connectivity index (χ1v) is 11.1. The van der Waals surface area contributed by atoms with Crippen molar-refractivity contribution in [1.29, 1.82) is 0 Å². The highest BCUT2D eigenvalue weighted by atomic mass is 16.6. The lowest BCUT2D eigenvalue weighted by molar-refractivity contribution is -0.383. The second-order valence-electron chi connectivity index (χ2n) is 8.19. The second kappa shape index (κ2) is 10.3. The Morgan fingerprint density at radius 3 is 2.58 bits per heavy atom. The monoisotopic (exact) mass is 422 g/mol. The van der Waals surface area contributed by atoms with Crippen LogP contribution in [-0.2, 0) is 6.54 Å². The van der Waals surface area contributed by atoms with E-state index in [1.54, 1.807) is 0 Å². The summed E-state index contributed by atoms with van der Waals surface area (Å²) in [7, 11) is 0. The number of nitrogens with one attached hydrogen (secondary N) is 1. The molecule has 2 aromatic rings. The normalized spacial score (nSPS) is 17.3. The maximum atomic E-state index is 11.9. The van der Waals surface area contributed by atoms with Crippen molar-refractivity contribution in [3.8, 4) is 0 Å². The van der Waals surface area contributed by atoms with E-state index in [0.29, 0.717) is 31.3 Å². The van der Waals surface area contributed by atoms with Gasteiger partial charge in [-0.3, -0.25) is 15.0 Å². The smallest absolute Gasteiger partial charge is 0.353 e. The van der Waals surface area contributed by atoms with Crippen molar-refractivity contribution in [2.24, 2.45) is 0 Å². The first-order valence-electron chi connectivity index (χ1n) is 11.1. The van der Waals surface area contributed by atoms with Crippen molar-refractivity contribution in [1.82, 2.24) is 14.9 Å². The highest BCUT2D eigenvalue weighted by Gasteiger charge is 2.29. The molecular weight excluding hydrogens is 392 g/mol. The van der Waals surface area contributed by atoms with E-state index in [0.717, 1.165) is 38.9 Å². The van der Waals surface area contributed by atoms with E-state index < -0.39 is 0 Å². The van der Waals surface area contributed by atoms with Gasteiger partial charge in [-0.15, -0.1) is 0 Å². The second-order valence-corrected chi connectivity index (χ2v) is 8.19. The lowest BCUT2D eigenvalue weighted by Gasteiger charge is -2.35. The summed E-state index contributed by atoms with van der Waals surface area (Å²) in [6.07, 6.45) is 9.40. The summed E-state index contributed by atoms with van der Waals surface area (Å²) < 4.78 is 0. The molecule has 2 aliphatic rings. The molecule has 31 heavy (non-hydrogen) atoms. The number of nitro groups is 1. The van der Waals surface area contributed by atoms with Crippen LogP contribution in [0.25, 0.3) is 0 Å². The van der Waals surface area contributed by atoms with Gasteiger partial charge in [0.05, 0.1) is 4.92 Å². The standard InChI is InChI=1S/C23H30N6O2/c30-29(31)21-22(24-12-11-19-7-3-1-4-8-19)25-18-26-23(21)28-15-13-27(14-16-28)17-20-9-5-2-6-10-20/h2,5-7,9-10,18H,1,3-4,8,11-17H2,(H,24,25,26). The summed E-state index contributed by atoms with van der Waals surface area (Å²) in [4.78, 5) is 24.4. The molecule has 8 heteroatoms. The number of hydrogen-bond acceptors (Lipinski definition) is 7. The number of piperazine rings is 1. The Balaban J connectivity index is 1.39. The Morgan fingerprint density at radius 1 is 1.06 bits per heavy atom. The van der Waals surface area contributed by atoms with E-state index in [1.165, 1.54) is 30.3 Å². The molecule has 1 aromatic carbocycles. The minimum absolute atomic E-state index is 0.0170. The minimum atomic E-state index is -0.353.